The van der Waals surface area contributed by atoms with Crippen LogP contribution in [-0.4, -0.2) is 65.2 Å². The van der Waals surface area contributed by atoms with Crippen molar-refractivity contribution in [1.29, 1.82) is 0 Å². The molecule has 0 bridgehead atoms. The third kappa shape index (κ3) is 7.18. The minimum Gasteiger partial charge on any atom is -0.497 e. The zero-order valence-electron chi connectivity index (χ0n) is 19.7. The van der Waals surface area contributed by atoms with Crippen LogP contribution in [0.3, 0.4) is 0 Å². The zero-order valence-corrected chi connectivity index (χ0v) is 19.7. The van der Waals surface area contributed by atoms with E-state index in [0.717, 1.165) is 24.3 Å². The molecule has 9 nitrogen and oxygen atoms in total. The summed E-state index contributed by atoms with van der Waals surface area (Å²) in [5.74, 6) is -1.41. The molecule has 4 rings (SSSR count). The van der Waals surface area contributed by atoms with Crippen molar-refractivity contribution in [2.45, 2.75) is 18.8 Å². The molecule has 0 aliphatic carbocycles. The van der Waals surface area contributed by atoms with Crippen LogP contribution in [0, 0.1) is 0 Å². The number of aromatic nitrogens is 1. The second kappa shape index (κ2) is 11.8. The third-order valence-corrected chi connectivity index (χ3v) is 5.83. The number of carbonyl (C=O) groups is 3. The van der Waals surface area contributed by atoms with E-state index in [1.165, 1.54) is 23.8 Å². The van der Waals surface area contributed by atoms with Gasteiger partial charge in [0.1, 0.15) is 5.75 Å². The van der Waals surface area contributed by atoms with E-state index >= 15 is 0 Å². The van der Waals surface area contributed by atoms with Gasteiger partial charge in [0.25, 0.3) is 5.91 Å². The van der Waals surface area contributed by atoms with Gasteiger partial charge < -0.3 is 30.2 Å². The number of likely N-dealkylation sites (tertiary alicyclic amines) is 1. The summed E-state index contributed by atoms with van der Waals surface area (Å²) in [4.78, 5) is 37.5. The number of anilines is 1. The summed E-state index contributed by atoms with van der Waals surface area (Å²) in [6.45, 7) is 2.26. The van der Waals surface area contributed by atoms with Crippen molar-refractivity contribution in [3.63, 3.8) is 0 Å². The standard InChI is InChI=1S/C22H25N3O2.C4H4O4/c1-25-10-8-15(9-11-25)20-14-23-21-7-6-17(13-19(20)21)24-22(26)16-4-3-5-18(12-16)27-2;5-3(6)1-2-4(7)8/h3-7,12-15,23H,8-11H2,1-2H3,(H,24,26);1-2H,(H,5,6)(H,7,8). The van der Waals surface area contributed by atoms with Gasteiger partial charge in [0.2, 0.25) is 0 Å². The van der Waals surface area contributed by atoms with Crippen LogP contribution in [0.1, 0.15) is 34.7 Å². The average molecular weight is 480 g/mol. The molecule has 4 N–H and O–H groups in total. The van der Waals surface area contributed by atoms with Crippen LogP contribution in [0.15, 0.2) is 60.8 Å². The van der Waals surface area contributed by atoms with Gasteiger partial charge in [0.15, 0.2) is 0 Å². The van der Waals surface area contributed by atoms with Gasteiger partial charge in [-0.3, -0.25) is 4.79 Å². The first-order valence-electron chi connectivity index (χ1n) is 11.2. The number of carbonyl (C=O) groups excluding carboxylic acids is 1. The molecule has 2 heterocycles. The molecule has 1 aliphatic heterocycles. The Bertz CT molecular complexity index is 1210. The van der Waals surface area contributed by atoms with E-state index in [9.17, 15) is 14.4 Å². The number of aliphatic carboxylic acids is 2. The Hall–Kier alpha value is -4.11. The van der Waals surface area contributed by atoms with Crippen LogP contribution in [0.2, 0.25) is 0 Å². The lowest BCUT2D eigenvalue weighted by molar-refractivity contribution is -0.134. The number of hydrogen-bond acceptors (Lipinski definition) is 5. The second-order valence-electron chi connectivity index (χ2n) is 8.28. The molecule has 3 aromatic rings. The van der Waals surface area contributed by atoms with Crippen molar-refractivity contribution >= 4 is 34.4 Å². The van der Waals surface area contributed by atoms with Gasteiger partial charge in [-0.1, -0.05) is 6.07 Å². The van der Waals surface area contributed by atoms with E-state index in [1.807, 2.05) is 24.3 Å². The Kier molecular flexibility index (Phi) is 8.63. The van der Waals surface area contributed by atoms with Gasteiger partial charge >= 0.3 is 11.9 Å². The maximum absolute atomic E-state index is 12.6. The smallest absolute Gasteiger partial charge is 0.328 e. The number of carboxylic acids is 2. The summed E-state index contributed by atoms with van der Waals surface area (Å²) in [7, 11) is 3.78. The highest BCUT2D eigenvalue weighted by molar-refractivity contribution is 6.05. The molecule has 184 valence electrons. The maximum Gasteiger partial charge on any atom is 0.328 e. The van der Waals surface area contributed by atoms with Crippen molar-refractivity contribution < 1.29 is 29.3 Å². The minimum atomic E-state index is -1.26. The molecule has 1 amide bonds. The van der Waals surface area contributed by atoms with Crippen LogP contribution >= 0.6 is 0 Å². The molecule has 9 heteroatoms. The van der Waals surface area contributed by atoms with Crippen molar-refractivity contribution in [3.8, 4) is 5.75 Å². The number of nitrogens with zero attached hydrogens (tertiary/aromatic N) is 1. The van der Waals surface area contributed by atoms with E-state index < -0.39 is 11.9 Å². The number of carboxylic acid groups (broad SMARTS) is 2. The van der Waals surface area contributed by atoms with Crippen LogP contribution < -0.4 is 10.1 Å². The van der Waals surface area contributed by atoms with Crippen LogP contribution in [0.25, 0.3) is 10.9 Å². The van der Waals surface area contributed by atoms with E-state index in [1.54, 1.807) is 19.2 Å². The predicted molar refractivity (Wildman–Crippen MR) is 133 cm³/mol. The Balaban J connectivity index is 0.000000371. The Labute approximate surface area is 203 Å². The summed E-state index contributed by atoms with van der Waals surface area (Å²) < 4.78 is 5.21. The molecule has 1 aromatic heterocycles. The number of hydrogen-bond donors (Lipinski definition) is 4. The second-order valence-corrected chi connectivity index (χ2v) is 8.28. The number of H-pyrrole nitrogens is 1. The third-order valence-electron chi connectivity index (χ3n) is 5.83. The number of aromatic amines is 1. The molecule has 0 atom stereocenters. The van der Waals surface area contributed by atoms with Gasteiger partial charge in [0.05, 0.1) is 7.11 Å². The molecular formula is C26H29N3O6. The molecule has 0 saturated carbocycles. The van der Waals surface area contributed by atoms with Gasteiger partial charge in [-0.05, 0) is 80.9 Å². The van der Waals surface area contributed by atoms with Crippen LogP contribution in [0.5, 0.6) is 5.75 Å². The number of methoxy groups -OCH3 is 1. The van der Waals surface area contributed by atoms with Crippen molar-refractivity contribution in [2.75, 3.05) is 32.6 Å². The number of nitrogens with one attached hydrogen (secondary N) is 2. The van der Waals surface area contributed by atoms with Crippen LogP contribution in [0.4, 0.5) is 5.69 Å². The zero-order chi connectivity index (χ0) is 25.4. The SMILES string of the molecule is COc1cccc(C(=O)Nc2ccc3[nH]cc(C4CCN(C)CC4)c3c2)c1.O=C(O)C=CC(=O)O. The molecule has 1 aliphatic rings. The summed E-state index contributed by atoms with van der Waals surface area (Å²) in [6, 6.07) is 13.2. The van der Waals surface area contributed by atoms with E-state index in [0.29, 0.717) is 29.4 Å². The topological polar surface area (TPSA) is 132 Å². The van der Waals surface area contributed by atoms with Crippen LogP contribution in [-0.2, 0) is 9.59 Å². The van der Waals surface area contributed by atoms with Gasteiger partial charge in [-0.25, -0.2) is 9.59 Å². The van der Waals surface area contributed by atoms with E-state index in [2.05, 4.69) is 34.5 Å². The largest absolute Gasteiger partial charge is 0.497 e. The van der Waals surface area contributed by atoms with Gasteiger partial charge in [-0.2, -0.15) is 0 Å². The lowest BCUT2D eigenvalue weighted by atomic mass is 9.89. The fraction of sp³-hybridized carbons (Fsp3) is 0.269. The van der Waals surface area contributed by atoms with Crippen molar-refractivity contribution in [2.24, 2.45) is 0 Å². The van der Waals surface area contributed by atoms with E-state index in [-0.39, 0.29) is 5.91 Å². The fourth-order valence-corrected chi connectivity index (χ4v) is 3.99. The number of amides is 1. The number of piperidine rings is 1. The highest BCUT2D eigenvalue weighted by Crippen LogP contribution is 2.34. The number of benzene rings is 2. The first-order chi connectivity index (χ1) is 16.8. The summed E-state index contributed by atoms with van der Waals surface area (Å²) >= 11 is 0. The van der Waals surface area contributed by atoms with Gasteiger partial charge in [-0.15, -0.1) is 0 Å². The number of rotatable bonds is 6. The highest BCUT2D eigenvalue weighted by atomic mass is 16.5. The first kappa shape index (κ1) is 25.5. The molecule has 0 radical (unpaired) electrons. The number of fused-ring (bicyclic) bond motifs is 1. The van der Waals surface area contributed by atoms with E-state index in [4.69, 9.17) is 14.9 Å². The Morgan fingerprint density at radius 3 is 2.37 bits per heavy atom. The molecule has 1 saturated heterocycles. The summed E-state index contributed by atoms with van der Waals surface area (Å²) in [6.07, 6.45) is 5.59. The maximum atomic E-state index is 12.6. The Morgan fingerprint density at radius 2 is 1.74 bits per heavy atom. The van der Waals surface area contributed by atoms with Crippen molar-refractivity contribution in [3.05, 3.63) is 71.9 Å². The first-order valence-corrected chi connectivity index (χ1v) is 11.2. The minimum absolute atomic E-state index is 0.135. The fourth-order valence-electron chi connectivity index (χ4n) is 3.99. The monoisotopic (exact) mass is 479 g/mol. The molecular weight excluding hydrogens is 450 g/mol. The quantitative estimate of drug-likeness (QED) is 0.394. The lowest BCUT2D eigenvalue weighted by Gasteiger charge is -2.28. The number of ether oxygens (including phenoxy) is 1. The molecule has 0 spiro atoms. The molecule has 2 aromatic carbocycles. The summed E-state index contributed by atoms with van der Waals surface area (Å²) in [5, 5.41) is 19.8. The van der Waals surface area contributed by atoms with Gasteiger partial charge in [0, 0.05) is 40.5 Å². The Morgan fingerprint density at radius 1 is 1.06 bits per heavy atom. The average Bonchev–Trinajstić information content (AvgIpc) is 3.27. The lowest BCUT2D eigenvalue weighted by Crippen LogP contribution is -2.29. The van der Waals surface area contributed by atoms with Crippen molar-refractivity contribution in [1.82, 2.24) is 9.88 Å². The molecule has 35 heavy (non-hydrogen) atoms. The summed E-state index contributed by atoms with van der Waals surface area (Å²) in [5.41, 5.74) is 3.86. The highest BCUT2D eigenvalue weighted by Gasteiger charge is 2.21. The normalized spacial score (nSPS) is 14.3. The molecule has 0 unspecified atom stereocenters. The molecule has 1 fully saturated rings. The predicted octanol–water partition coefficient (Wildman–Crippen LogP) is 3.95.